The Balaban J connectivity index is 0.997. The van der Waals surface area contributed by atoms with Gasteiger partial charge in [0.15, 0.2) is 5.78 Å². The number of Topliss-reactive ketones (excluding diaryl/α,β-unsaturated/α-hetero) is 2. The van der Waals surface area contributed by atoms with Crippen molar-refractivity contribution in [2.75, 3.05) is 33.9 Å². The van der Waals surface area contributed by atoms with E-state index >= 15 is 9.59 Å². The second kappa shape index (κ2) is 19.8. The predicted molar refractivity (Wildman–Crippen MR) is 312 cm³/mol. The minimum atomic E-state index is -1.09. The fourth-order valence-corrected chi connectivity index (χ4v) is 21.8. The van der Waals surface area contributed by atoms with E-state index in [1.54, 1.807) is 0 Å². The Bertz CT molecular complexity index is 3020. The Morgan fingerprint density at radius 1 is 0.877 bits per heavy atom. The first-order valence-corrected chi connectivity index (χ1v) is 32.0. The number of benzene rings is 1. The van der Waals surface area contributed by atoms with Gasteiger partial charge in [-0.25, -0.2) is 0 Å². The number of nitrogens with one attached hydrogen (secondary N) is 3. The molecule has 1 aromatic carbocycles. The van der Waals surface area contributed by atoms with E-state index < -0.39 is 73.8 Å². The first-order valence-electron chi connectivity index (χ1n) is 32.0. The lowest BCUT2D eigenvalue weighted by atomic mass is 9.29. The van der Waals surface area contributed by atoms with E-state index in [0.717, 1.165) is 121 Å². The van der Waals surface area contributed by atoms with Gasteiger partial charge in [-0.3, -0.25) is 9.59 Å². The molecule has 442 valence electrons. The average molecular weight is 1110 g/mol. The highest BCUT2D eigenvalue weighted by Gasteiger charge is 2.78. The van der Waals surface area contributed by atoms with Gasteiger partial charge >= 0.3 is 0 Å². The van der Waals surface area contributed by atoms with Crippen LogP contribution in [0.25, 0.3) is 11.0 Å². The molecule has 2 saturated heterocycles. The van der Waals surface area contributed by atoms with E-state index in [-0.39, 0.29) is 35.7 Å². The molecule has 17 unspecified atom stereocenters. The van der Waals surface area contributed by atoms with Crippen molar-refractivity contribution in [3.8, 4) is 0 Å². The van der Waals surface area contributed by atoms with Crippen molar-refractivity contribution in [1.82, 2.24) is 20.2 Å². The number of carbonyl (C=O) groups excluding carboxylic acids is 3. The maximum atomic E-state index is 15.9. The first-order chi connectivity index (χ1) is 38.5. The second-order valence-corrected chi connectivity index (χ2v) is 30.2. The number of aliphatic hydroxyl groups is 4. The van der Waals surface area contributed by atoms with Gasteiger partial charge in [-0.1, -0.05) is 65.2 Å². The summed E-state index contributed by atoms with van der Waals surface area (Å²) < 4.78 is 14.3. The number of ether oxygens (including phenoxy) is 2. The SMILES string of the molecule is CNCC1CCCCC1c1cc(C(C=O)c2cn3c4c(c[nH]c24)CCC(C)(CC(O)C2OC2(C)C)C2=C4C(C3)C(O)C3C(C)(CCC5C6(CCCC(NC)C6)C(=O)CC6(CCC(O)C6)C53C)C4(C)CC2=O)cc(C2(O)CCOCC2)c1. The molecule has 2 aromatic heterocycles. The van der Waals surface area contributed by atoms with Gasteiger partial charge in [-0.05, 0) is 191 Å². The van der Waals surface area contributed by atoms with Gasteiger partial charge in [-0.2, -0.15) is 0 Å². The summed E-state index contributed by atoms with van der Waals surface area (Å²) in [6, 6.07) is 6.80. The van der Waals surface area contributed by atoms with E-state index in [1.165, 1.54) is 12.0 Å². The molecule has 10 aliphatic rings. The number of aromatic amines is 1. The van der Waals surface area contributed by atoms with E-state index in [9.17, 15) is 25.2 Å². The molecule has 2 spiro atoms. The molecule has 0 amide bonds. The summed E-state index contributed by atoms with van der Waals surface area (Å²) in [5.74, 6) is -0.380. The Labute approximate surface area is 480 Å². The number of nitrogens with zero attached hydrogens (tertiary/aromatic N) is 1. The molecule has 3 aromatic rings. The number of H-pyrrole nitrogens is 1. The van der Waals surface area contributed by atoms with Crippen LogP contribution in [0.2, 0.25) is 0 Å². The van der Waals surface area contributed by atoms with Crippen molar-refractivity contribution in [1.29, 1.82) is 0 Å². The largest absolute Gasteiger partial charge is 0.393 e. The molecule has 5 heterocycles. The number of allylic oxidation sites excluding steroid dienone is 1. The summed E-state index contributed by atoms with van der Waals surface area (Å²) in [6.07, 6.45) is 17.5. The van der Waals surface area contributed by atoms with Crippen LogP contribution in [0.3, 0.4) is 0 Å². The number of aliphatic hydroxyl groups excluding tert-OH is 3. The number of epoxide rings is 1. The second-order valence-electron chi connectivity index (χ2n) is 30.2. The number of fused-ring (bicyclic) bond motifs is 6. The van der Waals surface area contributed by atoms with Crippen molar-refractivity contribution >= 4 is 28.9 Å². The van der Waals surface area contributed by atoms with Gasteiger partial charge in [0.2, 0.25) is 0 Å². The molecule has 0 radical (unpaired) electrons. The molecule has 0 bridgehead atoms. The van der Waals surface area contributed by atoms with Crippen LogP contribution < -0.4 is 10.6 Å². The Hall–Kier alpha value is -3.53. The number of ketones is 2. The molecule has 7 aliphatic carbocycles. The molecule has 6 saturated carbocycles. The summed E-state index contributed by atoms with van der Waals surface area (Å²) in [7, 11) is 4.05. The van der Waals surface area contributed by atoms with Crippen LogP contribution in [0, 0.1) is 56.2 Å². The molecule has 7 N–H and O–H groups in total. The van der Waals surface area contributed by atoms with E-state index in [1.807, 2.05) is 27.9 Å². The molecule has 17 atom stereocenters. The molecule has 81 heavy (non-hydrogen) atoms. The number of rotatable bonds is 11. The van der Waals surface area contributed by atoms with Crippen molar-refractivity contribution in [2.24, 2.45) is 56.2 Å². The lowest BCUT2D eigenvalue weighted by molar-refractivity contribution is -0.267. The smallest absolute Gasteiger partial charge is 0.160 e. The third kappa shape index (κ3) is 8.27. The monoisotopic (exact) mass is 1110 g/mol. The first kappa shape index (κ1) is 56.6. The number of aromatic nitrogens is 2. The Kier molecular flexibility index (Phi) is 13.8. The topological polar surface area (TPSA) is 199 Å². The molecular weight excluding hydrogens is 1020 g/mol. The van der Waals surface area contributed by atoms with Crippen molar-refractivity contribution in [3.05, 3.63) is 69.6 Å². The van der Waals surface area contributed by atoms with Gasteiger partial charge < -0.3 is 54.9 Å². The minimum Gasteiger partial charge on any atom is -0.393 e. The zero-order valence-electron chi connectivity index (χ0n) is 50.1. The third-order valence-corrected chi connectivity index (χ3v) is 26.0. The number of hydrogen-bond donors (Lipinski definition) is 7. The molecule has 8 fully saturated rings. The van der Waals surface area contributed by atoms with Crippen LogP contribution in [-0.2, 0) is 42.4 Å². The molecule has 13 heteroatoms. The van der Waals surface area contributed by atoms with Crippen LogP contribution in [-0.4, -0.2) is 118 Å². The number of aryl methyl sites for hydroxylation is 1. The van der Waals surface area contributed by atoms with Gasteiger partial charge in [0.25, 0.3) is 0 Å². The highest BCUT2D eigenvalue weighted by molar-refractivity contribution is 6.02. The number of aldehydes is 1. The summed E-state index contributed by atoms with van der Waals surface area (Å²) >= 11 is 0. The number of hydrogen-bond acceptors (Lipinski definition) is 11. The van der Waals surface area contributed by atoms with E-state index in [0.29, 0.717) is 89.2 Å². The van der Waals surface area contributed by atoms with Crippen molar-refractivity contribution in [2.45, 2.75) is 230 Å². The third-order valence-electron chi connectivity index (χ3n) is 26.0. The van der Waals surface area contributed by atoms with E-state index in [2.05, 4.69) is 78.5 Å². The van der Waals surface area contributed by atoms with Gasteiger partial charge in [0, 0.05) is 91.8 Å². The highest BCUT2D eigenvalue weighted by Crippen LogP contribution is 2.81. The Morgan fingerprint density at radius 2 is 1.64 bits per heavy atom. The highest BCUT2D eigenvalue weighted by atomic mass is 16.6. The van der Waals surface area contributed by atoms with Crippen LogP contribution in [0.5, 0.6) is 0 Å². The zero-order valence-corrected chi connectivity index (χ0v) is 50.1. The fraction of sp³-hybridized carbons (Fsp3) is 0.750. The van der Waals surface area contributed by atoms with Gasteiger partial charge in [0.1, 0.15) is 18.2 Å². The number of carbonyl (C=O) groups is 3. The molecule has 3 aliphatic heterocycles. The summed E-state index contributed by atoms with van der Waals surface area (Å²) in [5, 5.41) is 58.1. The molecule has 13 rings (SSSR count). The minimum absolute atomic E-state index is 0.00976. The van der Waals surface area contributed by atoms with Crippen LogP contribution in [0.4, 0.5) is 0 Å². The van der Waals surface area contributed by atoms with Crippen molar-refractivity contribution in [3.63, 3.8) is 0 Å². The lowest BCUT2D eigenvalue weighted by Gasteiger charge is -2.75. The molecule has 13 nitrogen and oxygen atoms in total. The van der Waals surface area contributed by atoms with Gasteiger partial charge in [-0.15, -0.1) is 0 Å². The standard InChI is InChI=1S/C68H96N4O9/c1-61(2)60(81-61)51(76)31-62(3)19-15-40-35-71-56-47(49(38-73)42-26-41(46-14-10-9-12-39(46)34-69-7)27-43(28-42)68(79)22-24-80-25-23-68)36-72(57(40)56)37-48-54-55(62)50(75)32-64(54,5)63(4)20-17-52-65(6,59(63)58(48)78)66(21-16-45(74)30-66)33-53(77)67(52)18-11-13-44(29-67)70-8/h26-28,35-36,38-39,44-46,48-49,51-52,58-60,69-71,74,76,78-79H,9-25,29-34,37H2,1-8H3. The maximum absolute atomic E-state index is 15.9. The summed E-state index contributed by atoms with van der Waals surface area (Å²) in [5.41, 5.74) is 3.26. The normalized spacial score (nSPS) is 42.4. The van der Waals surface area contributed by atoms with E-state index in [4.69, 9.17) is 9.47 Å². The maximum Gasteiger partial charge on any atom is 0.160 e. The quantitative estimate of drug-likeness (QED) is 0.0713. The Morgan fingerprint density at radius 3 is 2.35 bits per heavy atom. The summed E-state index contributed by atoms with van der Waals surface area (Å²) in [4.78, 5) is 49.3. The van der Waals surface area contributed by atoms with Crippen LogP contribution >= 0.6 is 0 Å². The van der Waals surface area contributed by atoms with Gasteiger partial charge in [0.05, 0.1) is 46.5 Å². The zero-order chi connectivity index (χ0) is 57.0. The molecular formula is C68H96N4O9. The summed E-state index contributed by atoms with van der Waals surface area (Å²) in [6.45, 7) is 15.6. The predicted octanol–water partition coefficient (Wildman–Crippen LogP) is 9.63. The fourth-order valence-electron chi connectivity index (χ4n) is 21.8. The average Bonchev–Trinajstić information content (AvgIpc) is 2.42. The van der Waals surface area contributed by atoms with Crippen LogP contribution in [0.15, 0.2) is 41.7 Å². The van der Waals surface area contributed by atoms with Crippen molar-refractivity contribution < 1.29 is 44.3 Å². The van der Waals surface area contributed by atoms with Crippen LogP contribution in [0.1, 0.15) is 203 Å². The lowest BCUT2D eigenvalue weighted by Crippen LogP contribution is -2.73.